The fraction of sp³-hybridized carbons (Fsp3) is 0.417. The van der Waals surface area contributed by atoms with E-state index in [-0.39, 0.29) is 12.6 Å². The van der Waals surface area contributed by atoms with Crippen molar-refractivity contribution in [2.45, 2.75) is 6.04 Å². The lowest BCUT2D eigenvalue weighted by Gasteiger charge is -2.36. The van der Waals surface area contributed by atoms with Crippen molar-refractivity contribution >= 4 is 12.0 Å². The van der Waals surface area contributed by atoms with Gasteiger partial charge in [0.25, 0.3) is 0 Å². The fourth-order valence-corrected chi connectivity index (χ4v) is 1.98. The average Bonchev–Trinajstić information content (AvgIpc) is 2.37. The Hall–Kier alpha value is -1.46. The minimum absolute atomic E-state index is 0.0626. The van der Waals surface area contributed by atoms with Crippen molar-refractivity contribution in [1.29, 1.82) is 0 Å². The van der Waals surface area contributed by atoms with E-state index >= 15 is 0 Å². The molecule has 1 fully saturated rings. The largest absolute Gasteiger partial charge is 0.394 e. The zero-order valence-corrected chi connectivity index (χ0v) is 9.30. The lowest BCUT2D eigenvalue weighted by atomic mass is 10.1. The van der Waals surface area contributed by atoms with Crippen molar-refractivity contribution in [3.63, 3.8) is 0 Å². The van der Waals surface area contributed by atoms with E-state index in [4.69, 9.17) is 4.74 Å². The van der Waals surface area contributed by atoms with Gasteiger partial charge in [-0.2, -0.15) is 0 Å². The monoisotopic (exact) mass is 239 g/mol. The lowest BCUT2D eigenvalue weighted by molar-refractivity contribution is 0.0727. The molecule has 0 aliphatic carbocycles. The lowest BCUT2D eigenvalue weighted by Crippen LogP contribution is -2.47. The second-order valence-electron chi connectivity index (χ2n) is 3.97. The van der Waals surface area contributed by atoms with Crippen LogP contribution in [0, 0.1) is 5.82 Å². The summed E-state index contributed by atoms with van der Waals surface area (Å²) in [4.78, 5) is 12.5. The minimum Gasteiger partial charge on any atom is -0.394 e. The number of aliphatic hydroxyl groups excluding tert-OH is 1. The van der Waals surface area contributed by atoms with E-state index in [1.807, 2.05) is 4.90 Å². The van der Waals surface area contributed by atoms with Gasteiger partial charge in [0.2, 0.25) is 0 Å². The van der Waals surface area contributed by atoms with Gasteiger partial charge in [0.05, 0.1) is 25.9 Å². The maximum absolute atomic E-state index is 13.3. The summed E-state index contributed by atoms with van der Waals surface area (Å²) in [6, 6.07) is 3.97. The number of morpholine rings is 1. The molecule has 1 aliphatic heterocycles. The number of hydrogen-bond acceptors (Lipinski definition) is 4. The first-order valence-corrected chi connectivity index (χ1v) is 5.45. The molecule has 5 heteroatoms. The molecule has 0 bridgehead atoms. The number of halogens is 1. The van der Waals surface area contributed by atoms with Crippen LogP contribution in [0.5, 0.6) is 0 Å². The second kappa shape index (κ2) is 5.25. The number of rotatable bonds is 3. The summed E-state index contributed by atoms with van der Waals surface area (Å²) in [5.74, 6) is -0.451. The van der Waals surface area contributed by atoms with Gasteiger partial charge in [-0.25, -0.2) is 4.39 Å². The molecule has 4 nitrogen and oxygen atoms in total. The number of hydrogen-bond donors (Lipinski definition) is 1. The Morgan fingerprint density at radius 2 is 2.35 bits per heavy atom. The van der Waals surface area contributed by atoms with E-state index in [9.17, 15) is 14.3 Å². The number of aliphatic hydroxyl groups is 1. The number of anilines is 1. The maximum atomic E-state index is 13.3. The number of carbonyl (C=O) groups is 1. The molecule has 0 spiro atoms. The number of benzene rings is 1. The molecule has 1 aromatic rings. The average molecular weight is 239 g/mol. The van der Waals surface area contributed by atoms with Crippen LogP contribution in [0.15, 0.2) is 18.2 Å². The molecular formula is C12H14FNO3. The predicted octanol–water partition coefficient (Wildman–Crippen LogP) is 0.836. The predicted molar refractivity (Wildman–Crippen MR) is 60.8 cm³/mol. The van der Waals surface area contributed by atoms with Crippen LogP contribution >= 0.6 is 0 Å². The summed E-state index contributed by atoms with van der Waals surface area (Å²) >= 11 is 0. The zero-order valence-electron chi connectivity index (χ0n) is 9.30. The van der Waals surface area contributed by atoms with Gasteiger partial charge in [-0.05, 0) is 18.2 Å². The first-order valence-electron chi connectivity index (χ1n) is 5.45. The highest BCUT2D eigenvalue weighted by atomic mass is 19.1. The van der Waals surface area contributed by atoms with Gasteiger partial charge in [0, 0.05) is 17.8 Å². The Kier molecular flexibility index (Phi) is 3.71. The summed E-state index contributed by atoms with van der Waals surface area (Å²) < 4.78 is 18.6. The molecule has 1 aliphatic rings. The number of carbonyl (C=O) groups excluding carboxylic acids is 1. The molecule has 92 valence electrons. The van der Waals surface area contributed by atoms with Crippen LogP contribution in [0.3, 0.4) is 0 Å². The van der Waals surface area contributed by atoms with Gasteiger partial charge in [0.1, 0.15) is 12.1 Å². The molecule has 0 aromatic heterocycles. The van der Waals surface area contributed by atoms with E-state index in [2.05, 4.69) is 0 Å². The van der Waals surface area contributed by atoms with Crippen LogP contribution in [-0.4, -0.2) is 43.8 Å². The van der Waals surface area contributed by atoms with Gasteiger partial charge in [-0.15, -0.1) is 0 Å². The van der Waals surface area contributed by atoms with E-state index < -0.39 is 5.82 Å². The molecule has 1 N–H and O–H groups in total. The third-order valence-electron chi connectivity index (χ3n) is 2.81. The molecule has 2 rings (SSSR count). The SMILES string of the molecule is O=Cc1cc(F)cc(N2CCOCC2CO)c1. The van der Waals surface area contributed by atoms with Gasteiger partial charge in [-0.1, -0.05) is 0 Å². The molecule has 0 amide bonds. The Morgan fingerprint density at radius 1 is 1.53 bits per heavy atom. The van der Waals surface area contributed by atoms with Gasteiger partial charge in [-0.3, -0.25) is 4.79 Å². The third kappa shape index (κ3) is 2.62. The van der Waals surface area contributed by atoms with Crippen molar-refractivity contribution in [2.24, 2.45) is 0 Å². The van der Waals surface area contributed by atoms with Crippen LogP contribution in [0.1, 0.15) is 10.4 Å². The van der Waals surface area contributed by atoms with Crippen LogP contribution < -0.4 is 4.90 Å². The number of ether oxygens (including phenoxy) is 1. The molecule has 1 heterocycles. The van der Waals surface area contributed by atoms with Gasteiger partial charge >= 0.3 is 0 Å². The van der Waals surface area contributed by atoms with Crippen molar-refractivity contribution in [2.75, 3.05) is 31.3 Å². The summed E-state index contributed by atoms with van der Waals surface area (Å²) in [5, 5.41) is 9.23. The van der Waals surface area contributed by atoms with Crippen LogP contribution in [0.4, 0.5) is 10.1 Å². The molecule has 0 saturated carbocycles. The number of nitrogens with zero attached hydrogens (tertiary/aromatic N) is 1. The van der Waals surface area contributed by atoms with Crippen molar-refractivity contribution in [1.82, 2.24) is 0 Å². The van der Waals surface area contributed by atoms with Gasteiger partial charge < -0.3 is 14.7 Å². The smallest absolute Gasteiger partial charge is 0.150 e. The summed E-state index contributed by atoms with van der Waals surface area (Å²) in [6.45, 7) is 1.45. The molecule has 1 atom stereocenters. The highest BCUT2D eigenvalue weighted by Gasteiger charge is 2.23. The maximum Gasteiger partial charge on any atom is 0.150 e. The van der Waals surface area contributed by atoms with Gasteiger partial charge in [0.15, 0.2) is 0 Å². The third-order valence-corrected chi connectivity index (χ3v) is 2.81. The van der Waals surface area contributed by atoms with Crippen molar-refractivity contribution in [3.8, 4) is 0 Å². The highest BCUT2D eigenvalue weighted by Crippen LogP contribution is 2.22. The van der Waals surface area contributed by atoms with Crippen LogP contribution in [0.2, 0.25) is 0 Å². The van der Waals surface area contributed by atoms with Crippen molar-refractivity contribution < 1.29 is 19.0 Å². The van der Waals surface area contributed by atoms with Crippen molar-refractivity contribution in [3.05, 3.63) is 29.6 Å². The first-order chi connectivity index (χ1) is 8.24. The standard InChI is InChI=1S/C12H14FNO3/c13-10-3-9(6-15)4-11(5-10)14-1-2-17-8-12(14)7-16/h3-6,12,16H,1-2,7-8H2. The topological polar surface area (TPSA) is 49.8 Å². The molecule has 1 aromatic carbocycles. The van der Waals surface area contributed by atoms with E-state index in [0.29, 0.717) is 37.3 Å². The Balaban J connectivity index is 2.30. The Bertz CT molecular complexity index is 411. The molecule has 1 unspecified atom stereocenters. The van der Waals surface area contributed by atoms with E-state index in [1.165, 1.54) is 12.1 Å². The number of aldehydes is 1. The van der Waals surface area contributed by atoms with E-state index in [1.54, 1.807) is 6.07 Å². The first kappa shape index (κ1) is 12.0. The fourth-order valence-electron chi connectivity index (χ4n) is 1.98. The van der Waals surface area contributed by atoms with Crippen LogP contribution in [-0.2, 0) is 4.74 Å². The Labute approximate surface area is 98.6 Å². The normalized spacial score (nSPS) is 20.4. The zero-order chi connectivity index (χ0) is 12.3. The summed E-state index contributed by atoms with van der Waals surface area (Å²) in [6.07, 6.45) is 0.612. The quantitative estimate of drug-likeness (QED) is 0.794. The second-order valence-corrected chi connectivity index (χ2v) is 3.97. The Morgan fingerprint density at radius 3 is 3.06 bits per heavy atom. The molecular weight excluding hydrogens is 225 g/mol. The summed E-state index contributed by atoms with van der Waals surface area (Å²) in [5.41, 5.74) is 0.901. The highest BCUT2D eigenvalue weighted by molar-refractivity contribution is 5.77. The molecule has 0 radical (unpaired) electrons. The van der Waals surface area contributed by atoms with E-state index in [0.717, 1.165) is 0 Å². The minimum atomic E-state index is -0.451. The molecule has 1 saturated heterocycles. The summed E-state index contributed by atoms with van der Waals surface area (Å²) in [7, 11) is 0. The van der Waals surface area contributed by atoms with Crippen LogP contribution in [0.25, 0.3) is 0 Å². The molecule has 17 heavy (non-hydrogen) atoms.